The Bertz CT molecular complexity index is 291. The maximum absolute atomic E-state index is 9.80. The third-order valence-electron chi connectivity index (χ3n) is 2.67. The first kappa shape index (κ1) is 12.1. The van der Waals surface area contributed by atoms with Gasteiger partial charge in [-0.1, -0.05) is 26.7 Å². The van der Waals surface area contributed by atoms with Crippen LogP contribution in [0, 0.1) is 6.07 Å². The predicted molar refractivity (Wildman–Crippen MR) is 64.2 cm³/mol. The van der Waals surface area contributed by atoms with E-state index in [-0.39, 0.29) is 0 Å². The Balaban J connectivity index is 2.61. The molecule has 0 heterocycles. The molecule has 0 spiro atoms. The molecule has 0 aliphatic rings. The van der Waals surface area contributed by atoms with Gasteiger partial charge in [0.2, 0.25) is 0 Å². The first-order valence-electron chi connectivity index (χ1n) is 6.00. The van der Waals surface area contributed by atoms with E-state index in [9.17, 15) is 5.11 Å². The summed E-state index contributed by atoms with van der Waals surface area (Å²) in [7, 11) is 0. The van der Waals surface area contributed by atoms with E-state index in [4.69, 9.17) is 0 Å². The molecule has 1 N–H and O–H groups in total. The van der Waals surface area contributed by atoms with Crippen molar-refractivity contribution in [3.63, 3.8) is 0 Å². The third kappa shape index (κ3) is 3.94. The van der Waals surface area contributed by atoms with Gasteiger partial charge in [-0.25, -0.2) is 0 Å². The van der Waals surface area contributed by atoms with Crippen LogP contribution in [0.5, 0.6) is 5.75 Å². The van der Waals surface area contributed by atoms with Crippen LogP contribution in [0.25, 0.3) is 0 Å². The van der Waals surface area contributed by atoms with Crippen LogP contribution in [0.1, 0.15) is 50.7 Å². The van der Waals surface area contributed by atoms with Crippen LogP contribution >= 0.6 is 0 Å². The normalized spacial score (nSPS) is 10.5. The summed E-state index contributed by atoms with van der Waals surface area (Å²) in [6.45, 7) is 4.34. The van der Waals surface area contributed by atoms with Crippen LogP contribution in [0.3, 0.4) is 0 Å². The molecule has 0 aliphatic carbocycles. The van der Waals surface area contributed by atoms with Crippen LogP contribution in [-0.4, -0.2) is 5.11 Å². The Morgan fingerprint density at radius 3 is 2.40 bits per heavy atom. The molecule has 0 saturated heterocycles. The Kier molecular flexibility index (Phi) is 5.23. The Labute approximate surface area is 93.1 Å². The van der Waals surface area contributed by atoms with Gasteiger partial charge in [-0.15, -0.1) is 0 Å². The molecule has 15 heavy (non-hydrogen) atoms. The minimum atomic E-state index is 0.452. The molecule has 1 aromatic carbocycles. The van der Waals surface area contributed by atoms with Gasteiger partial charge in [0.1, 0.15) is 5.75 Å². The zero-order valence-corrected chi connectivity index (χ0v) is 9.84. The highest BCUT2D eigenvalue weighted by Gasteiger charge is 2.02. The van der Waals surface area contributed by atoms with Gasteiger partial charge in [-0.2, -0.15) is 0 Å². The molecule has 1 aromatic rings. The summed E-state index contributed by atoms with van der Waals surface area (Å²) in [5.74, 6) is 0.452. The minimum absolute atomic E-state index is 0.452. The van der Waals surface area contributed by atoms with Crippen LogP contribution in [-0.2, 0) is 12.8 Å². The molecule has 83 valence electrons. The lowest BCUT2D eigenvalue weighted by Gasteiger charge is -2.06. The van der Waals surface area contributed by atoms with Gasteiger partial charge < -0.3 is 5.11 Å². The lowest BCUT2D eigenvalue weighted by molar-refractivity contribution is 0.466. The molecule has 0 fully saturated rings. The minimum Gasteiger partial charge on any atom is -0.508 e. The molecule has 1 rings (SSSR count). The number of hydrogen-bond acceptors (Lipinski definition) is 1. The summed E-state index contributed by atoms with van der Waals surface area (Å²) in [5, 5.41) is 9.80. The fraction of sp³-hybridized carbons (Fsp3) is 0.571. The van der Waals surface area contributed by atoms with E-state index in [1.54, 1.807) is 0 Å². The Morgan fingerprint density at radius 1 is 1.13 bits per heavy atom. The van der Waals surface area contributed by atoms with Crippen molar-refractivity contribution in [1.82, 2.24) is 0 Å². The number of phenols is 1. The molecule has 1 radical (unpaired) electrons. The van der Waals surface area contributed by atoms with E-state index in [0.29, 0.717) is 5.75 Å². The predicted octanol–water partition coefficient (Wildman–Crippen LogP) is 3.88. The van der Waals surface area contributed by atoms with E-state index in [1.165, 1.54) is 12.8 Å². The van der Waals surface area contributed by atoms with Crippen molar-refractivity contribution in [2.24, 2.45) is 0 Å². The summed E-state index contributed by atoms with van der Waals surface area (Å²) >= 11 is 0. The molecule has 1 nitrogen and oxygen atoms in total. The molecule has 1 heteroatoms. The number of phenolic OH excluding ortho intramolecular Hbond substituents is 1. The highest BCUT2D eigenvalue weighted by atomic mass is 16.3. The molecule has 0 atom stereocenters. The second kappa shape index (κ2) is 6.49. The number of hydrogen-bond donors (Lipinski definition) is 1. The number of benzene rings is 1. The van der Waals surface area contributed by atoms with Gasteiger partial charge in [-0.05, 0) is 55.0 Å². The van der Waals surface area contributed by atoms with Crippen molar-refractivity contribution in [1.29, 1.82) is 0 Å². The monoisotopic (exact) mass is 205 g/mol. The molecule has 0 bridgehead atoms. The van der Waals surface area contributed by atoms with Gasteiger partial charge in [0.05, 0.1) is 0 Å². The second-order valence-electron chi connectivity index (χ2n) is 4.08. The molecule has 0 aliphatic heterocycles. The average Bonchev–Trinajstić information content (AvgIpc) is 2.25. The van der Waals surface area contributed by atoms with Crippen molar-refractivity contribution in [2.45, 2.75) is 52.4 Å². The van der Waals surface area contributed by atoms with E-state index >= 15 is 0 Å². The lowest BCUT2D eigenvalue weighted by Crippen LogP contribution is -1.90. The van der Waals surface area contributed by atoms with E-state index in [2.05, 4.69) is 19.9 Å². The lowest BCUT2D eigenvalue weighted by atomic mass is 10.0. The van der Waals surface area contributed by atoms with E-state index in [0.717, 1.165) is 36.8 Å². The van der Waals surface area contributed by atoms with Gasteiger partial charge in [-0.3, -0.25) is 0 Å². The summed E-state index contributed by atoms with van der Waals surface area (Å²) < 4.78 is 0. The zero-order valence-electron chi connectivity index (χ0n) is 9.84. The standard InChI is InChI=1S/C14H21O/c1-3-5-7-12-9-10-13(8-6-4-2)14(15)11-12/h10-11,15H,3-8H2,1-2H3. The van der Waals surface area contributed by atoms with Crippen molar-refractivity contribution in [3.05, 3.63) is 29.3 Å². The zero-order chi connectivity index (χ0) is 11.1. The highest BCUT2D eigenvalue weighted by molar-refractivity contribution is 5.35. The van der Waals surface area contributed by atoms with Crippen LogP contribution in [0.2, 0.25) is 0 Å². The maximum atomic E-state index is 9.80. The van der Waals surface area contributed by atoms with Crippen molar-refractivity contribution < 1.29 is 5.11 Å². The van der Waals surface area contributed by atoms with Gasteiger partial charge in [0.15, 0.2) is 0 Å². The summed E-state index contributed by atoms with van der Waals surface area (Å²) in [5.41, 5.74) is 2.17. The summed E-state index contributed by atoms with van der Waals surface area (Å²) in [6.07, 6.45) is 6.65. The summed E-state index contributed by atoms with van der Waals surface area (Å²) in [4.78, 5) is 0. The number of aryl methyl sites for hydroxylation is 2. The van der Waals surface area contributed by atoms with Crippen LogP contribution in [0.15, 0.2) is 12.1 Å². The van der Waals surface area contributed by atoms with Gasteiger partial charge >= 0.3 is 0 Å². The highest BCUT2D eigenvalue weighted by Crippen LogP contribution is 2.21. The van der Waals surface area contributed by atoms with Gasteiger partial charge in [0, 0.05) is 0 Å². The summed E-state index contributed by atoms with van der Waals surface area (Å²) in [6, 6.07) is 7.09. The number of aromatic hydroxyl groups is 1. The van der Waals surface area contributed by atoms with Crippen molar-refractivity contribution in [2.75, 3.05) is 0 Å². The first-order valence-corrected chi connectivity index (χ1v) is 6.00. The Hall–Kier alpha value is -0.980. The SMILES string of the molecule is CCCCc1[c]cc(CCCC)c(O)c1. The van der Waals surface area contributed by atoms with Gasteiger partial charge in [0.25, 0.3) is 0 Å². The maximum Gasteiger partial charge on any atom is 0.119 e. The van der Waals surface area contributed by atoms with Crippen LogP contribution in [0.4, 0.5) is 0 Å². The molecular weight excluding hydrogens is 184 g/mol. The van der Waals surface area contributed by atoms with E-state index < -0.39 is 0 Å². The third-order valence-corrected chi connectivity index (χ3v) is 2.67. The topological polar surface area (TPSA) is 20.2 Å². The van der Waals surface area contributed by atoms with E-state index in [1.807, 2.05) is 12.1 Å². The molecule has 0 aromatic heterocycles. The Morgan fingerprint density at radius 2 is 1.80 bits per heavy atom. The average molecular weight is 205 g/mol. The number of rotatable bonds is 6. The first-order chi connectivity index (χ1) is 7.27. The molecular formula is C14H21O. The fourth-order valence-electron chi connectivity index (χ4n) is 1.63. The molecule has 0 unspecified atom stereocenters. The number of unbranched alkanes of at least 4 members (excludes halogenated alkanes) is 2. The quantitative estimate of drug-likeness (QED) is 0.747. The second-order valence-corrected chi connectivity index (χ2v) is 4.08. The van der Waals surface area contributed by atoms with Crippen LogP contribution < -0.4 is 0 Å². The molecule has 0 saturated carbocycles. The van der Waals surface area contributed by atoms with Crippen molar-refractivity contribution >= 4 is 0 Å². The molecule has 0 amide bonds. The fourth-order valence-corrected chi connectivity index (χ4v) is 1.63. The van der Waals surface area contributed by atoms with Crippen molar-refractivity contribution in [3.8, 4) is 5.75 Å². The smallest absolute Gasteiger partial charge is 0.119 e. The largest absolute Gasteiger partial charge is 0.508 e.